The summed E-state index contributed by atoms with van der Waals surface area (Å²) < 4.78 is 0. The van der Waals surface area contributed by atoms with Gasteiger partial charge < -0.3 is 10.1 Å². The standard InChI is InChI=1S/C14H14N2O3/c1-2-3-9-4-6-10(7-5-9)13-15-11(14(18)19)8-12(17)16-13/h4-8H,2-3H2,1H3,(H,18,19)(H,15,16,17). The molecule has 2 N–H and O–H groups in total. The Morgan fingerprint density at radius 1 is 1.32 bits per heavy atom. The predicted molar refractivity (Wildman–Crippen MR) is 71.2 cm³/mol. The number of nitrogens with one attached hydrogen (secondary N) is 1. The molecule has 2 aromatic rings. The summed E-state index contributed by atoms with van der Waals surface area (Å²) in [6.07, 6.45) is 2.04. The normalized spacial score (nSPS) is 10.4. The van der Waals surface area contributed by atoms with Gasteiger partial charge in [-0.3, -0.25) is 4.79 Å². The Balaban J connectivity index is 2.41. The molecule has 0 aliphatic carbocycles. The van der Waals surface area contributed by atoms with Crippen LogP contribution in [0.1, 0.15) is 29.4 Å². The lowest BCUT2D eigenvalue weighted by Gasteiger charge is -2.03. The Morgan fingerprint density at radius 2 is 2.00 bits per heavy atom. The molecule has 5 heteroatoms. The predicted octanol–water partition coefficient (Wildman–Crippen LogP) is 2.09. The van der Waals surface area contributed by atoms with Gasteiger partial charge in [-0.05, 0) is 12.0 Å². The highest BCUT2D eigenvalue weighted by Crippen LogP contribution is 2.15. The fourth-order valence-electron chi connectivity index (χ4n) is 1.82. The molecule has 2 rings (SSSR count). The van der Waals surface area contributed by atoms with Crippen LogP contribution in [-0.4, -0.2) is 21.0 Å². The lowest BCUT2D eigenvalue weighted by molar-refractivity contribution is 0.0690. The number of carbonyl (C=O) groups is 1. The van der Waals surface area contributed by atoms with E-state index in [1.54, 1.807) is 0 Å². The molecule has 0 aliphatic heterocycles. The number of aromatic amines is 1. The Morgan fingerprint density at radius 3 is 2.58 bits per heavy atom. The second-order valence-corrected chi connectivity index (χ2v) is 4.23. The molecule has 5 nitrogen and oxygen atoms in total. The lowest BCUT2D eigenvalue weighted by Crippen LogP contribution is -2.13. The van der Waals surface area contributed by atoms with E-state index in [-0.39, 0.29) is 11.5 Å². The number of nitrogens with zero attached hydrogens (tertiary/aromatic N) is 1. The van der Waals surface area contributed by atoms with E-state index in [9.17, 15) is 9.59 Å². The van der Waals surface area contributed by atoms with Crippen LogP contribution < -0.4 is 5.56 Å². The first kappa shape index (κ1) is 13.0. The van der Waals surface area contributed by atoms with Crippen molar-refractivity contribution in [2.24, 2.45) is 0 Å². The highest BCUT2D eigenvalue weighted by atomic mass is 16.4. The number of carboxylic acids is 1. The maximum absolute atomic E-state index is 11.4. The number of aromatic carboxylic acids is 1. The zero-order valence-corrected chi connectivity index (χ0v) is 10.5. The van der Waals surface area contributed by atoms with Crippen LogP contribution in [0.5, 0.6) is 0 Å². The third-order valence-electron chi connectivity index (χ3n) is 2.73. The minimum Gasteiger partial charge on any atom is -0.477 e. The largest absolute Gasteiger partial charge is 0.477 e. The summed E-state index contributed by atoms with van der Waals surface area (Å²) in [5, 5.41) is 8.88. The molecule has 0 spiro atoms. The summed E-state index contributed by atoms with van der Waals surface area (Å²) in [5.74, 6) is -0.942. The molecule has 0 unspecified atom stereocenters. The Labute approximate surface area is 110 Å². The molecule has 1 aromatic heterocycles. The van der Waals surface area contributed by atoms with Crippen molar-refractivity contribution in [2.75, 3.05) is 0 Å². The lowest BCUT2D eigenvalue weighted by atomic mass is 10.1. The van der Waals surface area contributed by atoms with Gasteiger partial charge in [0.05, 0.1) is 0 Å². The van der Waals surface area contributed by atoms with Gasteiger partial charge in [0, 0.05) is 11.6 Å². The van der Waals surface area contributed by atoms with Crippen molar-refractivity contribution in [3.8, 4) is 11.4 Å². The van der Waals surface area contributed by atoms with Crippen molar-refractivity contribution in [1.82, 2.24) is 9.97 Å². The van der Waals surface area contributed by atoms with Gasteiger partial charge in [0.2, 0.25) is 0 Å². The molecule has 0 saturated carbocycles. The number of aryl methyl sites for hydroxylation is 1. The van der Waals surface area contributed by atoms with Crippen LogP contribution in [0, 0.1) is 0 Å². The third kappa shape index (κ3) is 3.07. The molecule has 0 aliphatic rings. The zero-order chi connectivity index (χ0) is 13.8. The molecule has 0 fully saturated rings. The molecule has 0 atom stereocenters. The van der Waals surface area contributed by atoms with E-state index in [1.165, 1.54) is 5.56 Å². The van der Waals surface area contributed by atoms with Crippen molar-refractivity contribution in [3.05, 3.63) is 51.9 Å². The number of benzene rings is 1. The van der Waals surface area contributed by atoms with Gasteiger partial charge in [0.15, 0.2) is 5.69 Å². The maximum atomic E-state index is 11.4. The Kier molecular flexibility index (Phi) is 3.75. The second kappa shape index (κ2) is 5.48. The number of hydrogen-bond donors (Lipinski definition) is 2. The van der Waals surface area contributed by atoms with Crippen molar-refractivity contribution in [2.45, 2.75) is 19.8 Å². The average molecular weight is 258 g/mol. The SMILES string of the molecule is CCCc1ccc(-c2nc(C(=O)O)cc(=O)[nH]2)cc1. The van der Waals surface area contributed by atoms with Crippen LogP contribution >= 0.6 is 0 Å². The minimum atomic E-state index is -1.21. The van der Waals surface area contributed by atoms with Crippen LogP contribution in [0.25, 0.3) is 11.4 Å². The smallest absolute Gasteiger partial charge is 0.354 e. The second-order valence-electron chi connectivity index (χ2n) is 4.23. The van der Waals surface area contributed by atoms with Crippen molar-refractivity contribution in [1.29, 1.82) is 0 Å². The van der Waals surface area contributed by atoms with Crippen LogP contribution in [0.2, 0.25) is 0 Å². The van der Waals surface area contributed by atoms with Crippen molar-refractivity contribution >= 4 is 5.97 Å². The van der Waals surface area contributed by atoms with Gasteiger partial charge >= 0.3 is 5.97 Å². The van der Waals surface area contributed by atoms with Gasteiger partial charge in [0.25, 0.3) is 5.56 Å². The van der Waals surface area contributed by atoms with Crippen LogP contribution in [0.4, 0.5) is 0 Å². The van der Waals surface area contributed by atoms with E-state index < -0.39 is 11.5 Å². The quantitative estimate of drug-likeness (QED) is 0.879. The van der Waals surface area contributed by atoms with Gasteiger partial charge in [0.1, 0.15) is 5.82 Å². The molecule has 0 amide bonds. The number of hydrogen-bond acceptors (Lipinski definition) is 3. The third-order valence-corrected chi connectivity index (χ3v) is 2.73. The molecule has 1 aromatic carbocycles. The van der Waals surface area contributed by atoms with Crippen LogP contribution in [0.15, 0.2) is 35.1 Å². The topological polar surface area (TPSA) is 83.0 Å². The van der Waals surface area contributed by atoms with Crippen molar-refractivity contribution in [3.63, 3.8) is 0 Å². The number of rotatable bonds is 4. The first-order valence-corrected chi connectivity index (χ1v) is 6.04. The summed E-state index contributed by atoms with van der Waals surface area (Å²) in [4.78, 5) is 28.7. The van der Waals surface area contributed by atoms with Crippen LogP contribution in [0.3, 0.4) is 0 Å². The van der Waals surface area contributed by atoms with E-state index in [0.29, 0.717) is 5.56 Å². The molecule has 0 saturated heterocycles. The Bertz CT molecular complexity index is 644. The molecule has 1 heterocycles. The minimum absolute atomic E-state index is 0.253. The fraction of sp³-hybridized carbons (Fsp3) is 0.214. The highest BCUT2D eigenvalue weighted by molar-refractivity contribution is 5.85. The van der Waals surface area contributed by atoms with Crippen molar-refractivity contribution < 1.29 is 9.90 Å². The zero-order valence-electron chi connectivity index (χ0n) is 10.5. The molecular formula is C14H14N2O3. The van der Waals surface area contributed by atoms with E-state index in [2.05, 4.69) is 16.9 Å². The average Bonchev–Trinajstić information content (AvgIpc) is 2.39. The summed E-state index contributed by atoms with van der Waals surface area (Å²) in [5.41, 5.74) is 1.17. The van der Waals surface area contributed by atoms with Gasteiger partial charge in [-0.25, -0.2) is 9.78 Å². The number of aromatic nitrogens is 2. The molecule has 0 bridgehead atoms. The fourth-order valence-corrected chi connectivity index (χ4v) is 1.82. The van der Waals surface area contributed by atoms with Gasteiger partial charge in [-0.2, -0.15) is 0 Å². The maximum Gasteiger partial charge on any atom is 0.354 e. The van der Waals surface area contributed by atoms with E-state index >= 15 is 0 Å². The number of H-pyrrole nitrogens is 1. The molecular weight excluding hydrogens is 244 g/mol. The summed E-state index contributed by atoms with van der Waals surface area (Å²) >= 11 is 0. The Hall–Kier alpha value is -2.43. The summed E-state index contributed by atoms with van der Waals surface area (Å²) in [6.45, 7) is 2.10. The van der Waals surface area contributed by atoms with E-state index in [1.807, 2.05) is 24.3 Å². The van der Waals surface area contributed by atoms with E-state index in [0.717, 1.165) is 18.9 Å². The first-order chi connectivity index (χ1) is 9.10. The monoisotopic (exact) mass is 258 g/mol. The number of carboxylic acid groups (broad SMARTS) is 1. The summed E-state index contributed by atoms with van der Waals surface area (Å²) in [7, 11) is 0. The molecule has 0 radical (unpaired) electrons. The highest BCUT2D eigenvalue weighted by Gasteiger charge is 2.09. The van der Waals surface area contributed by atoms with Gasteiger partial charge in [-0.1, -0.05) is 37.6 Å². The van der Waals surface area contributed by atoms with Crippen LogP contribution in [-0.2, 0) is 6.42 Å². The van der Waals surface area contributed by atoms with Gasteiger partial charge in [-0.15, -0.1) is 0 Å². The summed E-state index contributed by atoms with van der Waals surface area (Å²) in [6, 6.07) is 8.53. The first-order valence-electron chi connectivity index (χ1n) is 6.04. The molecule has 19 heavy (non-hydrogen) atoms. The van der Waals surface area contributed by atoms with E-state index in [4.69, 9.17) is 5.11 Å². The molecule has 98 valence electrons.